The molecular weight excluding hydrogens is 316 g/mol. The molecule has 0 aromatic heterocycles. The molecule has 0 atom stereocenters. The number of rotatable bonds is 1. The van der Waals surface area contributed by atoms with Crippen LogP contribution in [0.15, 0.2) is 22.7 Å². The van der Waals surface area contributed by atoms with E-state index >= 15 is 0 Å². The van der Waals surface area contributed by atoms with E-state index in [-0.39, 0.29) is 11.4 Å². The fourth-order valence-corrected chi connectivity index (χ4v) is 2.90. The molecule has 5 heteroatoms. The maximum absolute atomic E-state index is 12.4. The van der Waals surface area contributed by atoms with Crippen LogP contribution >= 0.6 is 27.5 Å². The quantitative estimate of drug-likeness (QED) is 0.858. The topological polar surface area (TPSA) is 32.3 Å². The number of nitrogens with one attached hydrogen (secondary N) is 1. The molecule has 2 rings (SSSR count). The maximum atomic E-state index is 12.4. The Morgan fingerprint density at radius 1 is 1.50 bits per heavy atom. The summed E-state index contributed by atoms with van der Waals surface area (Å²) >= 11 is 9.46. The van der Waals surface area contributed by atoms with Crippen LogP contribution in [0.4, 0.5) is 0 Å². The van der Waals surface area contributed by atoms with Gasteiger partial charge in [-0.3, -0.25) is 4.79 Å². The monoisotopic (exact) mass is 330 g/mol. The fourth-order valence-electron chi connectivity index (χ4n) is 2.15. The molecular formula is C13H16BrClN2O. The molecule has 1 saturated heterocycles. The number of amides is 1. The van der Waals surface area contributed by atoms with Crippen molar-refractivity contribution in [2.45, 2.75) is 19.4 Å². The Morgan fingerprint density at radius 2 is 2.22 bits per heavy atom. The third kappa shape index (κ3) is 3.05. The number of nitrogens with zero attached hydrogens (tertiary/aromatic N) is 1. The van der Waals surface area contributed by atoms with Crippen molar-refractivity contribution in [2.75, 3.05) is 19.6 Å². The highest BCUT2D eigenvalue weighted by Gasteiger charge is 2.29. The molecule has 0 aliphatic carbocycles. The third-order valence-electron chi connectivity index (χ3n) is 3.02. The second kappa shape index (κ2) is 5.19. The molecule has 0 spiro atoms. The van der Waals surface area contributed by atoms with Crippen molar-refractivity contribution < 1.29 is 4.79 Å². The highest BCUT2D eigenvalue weighted by Crippen LogP contribution is 2.23. The van der Waals surface area contributed by atoms with E-state index in [1.165, 1.54) is 0 Å². The Balaban J connectivity index is 2.20. The van der Waals surface area contributed by atoms with Crippen LogP contribution in [0.25, 0.3) is 0 Å². The molecule has 1 aliphatic heterocycles. The molecule has 3 nitrogen and oxygen atoms in total. The van der Waals surface area contributed by atoms with Gasteiger partial charge in [-0.25, -0.2) is 0 Å². The van der Waals surface area contributed by atoms with Gasteiger partial charge in [0.2, 0.25) is 0 Å². The summed E-state index contributed by atoms with van der Waals surface area (Å²) in [6.07, 6.45) is 0. The zero-order chi connectivity index (χ0) is 13.3. The van der Waals surface area contributed by atoms with E-state index in [1.54, 1.807) is 12.1 Å². The van der Waals surface area contributed by atoms with Gasteiger partial charge in [-0.15, -0.1) is 0 Å². The van der Waals surface area contributed by atoms with E-state index in [1.807, 2.05) is 11.0 Å². The molecule has 1 heterocycles. The lowest BCUT2D eigenvalue weighted by molar-refractivity contribution is 0.0652. The van der Waals surface area contributed by atoms with E-state index in [0.29, 0.717) is 23.7 Å². The zero-order valence-corrected chi connectivity index (χ0v) is 12.8. The Kier molecular flexibility index (Phi) is 3.99. The second-order valence-electron chi connectivity index (χ2n) is 5.16. The number of hydrogen-bond acceptors (Lipinski definition) is 2. The first-order valence-corrected chi connectivity index (χ1v) is 7.05. The van der Waals surface area contributed by atoms with Gasteiger partial charge in [-0.2, -0.15) is 0 Å². The molecule has 1 amide bonds. The van der Waals surface area contributed by atoms with Crippen molar-refractivity contribution in [3.63, 3.8) is 0 Å². The Hall–Kier alpha value is -0.580. The minimum absolute atomic E-state index is 0.00192. The van der Waals surface area contributed by atoms with Gasteiger partial charge in [-0.05, 0) is 32.0 Å². The summed E-state index contributed by atoms with van der Waals surface area (Å²) in [5.74, 6) is 0.00192. The largest absolute Gasteiger partial charge is 0.335 e. The lowest BCUT2D eigenvalue weighted by Crippen LogP contribution is -2.58. The van der Waals surface area contributed by atoms with Crippen LogP contribution in [0.3, 0.4) is 0 Å². The maximum Gasteiger partial charge on any atom is 0.255 e. The average Bonchev–Trinajstić information content (AvgIpc) is 2.27. The second-order valence-corrected chi connectivity index (χ2v) is 6.48. The Morgan fingerprint density at radius 3 is 2.83 bits per heavy atom. The van der Waals surface area contributed by atoms with Gasteiger partial charge in [-0.1, -0.05) is 27.5 Å². The smallest absolute Gasteiger partial charge is 0.255 e. The minimum atomic E-state index is -0.0459. The summed E-state index contributed by atoms with van der Waals surface area (Å²) in [6.45, 7) is 6.41. The predicted octanol–water partition coefficient (Wildman–Crippen LogP) is 2.93. The molecule has 1 N–H and O–H groups in total. The lowest BCUT2D eigenvalue weighted by Gasteiger charge is -2.39. The highest BCUT2D eigenvalue weighted by atomic mass is 79.9. The van der Waals surface area contributed by atoms with E-state index in [2.05, 4.69) is 35.1 Å². The molecule has 18 heavy (non-hydrogen) atoms. The fraction of sp³-hybridized carbons (Fsp3) is 0.462. The van der Waals surface area contributed by atoms with Gasteiger partial charge in [0.25, 0.3) is 5.91 Å². The summed E-state index contributed by atoms with van der Waals surface area (Å²) < 4.78 is 0.879. The lowest BCUT2D eigenvalue weighted by atomic mass is 10.0. The van der Waals surface area contributed by atoms with E-state index in [4.69, 9.17) is 11.6 Å². The van der Waals surface area contributed by atoms with Gasteiger partial charge in [0, 0.05) is 29.6 Å². The molecule has 1 fully saturated rings. The first kappa shape index (κ1) is 13.8. The normalized spacial score (nSPS) is 18.8. The van der Waals surface area contributed by atoms with Crippen molar-refractivity contribution in [3.05, 3.63) is 33.3 Å². The van der Waals surface area contributed by atoms with Gasteiger partial charge < -0.3 is 10.2 Å². The van der Waals surface area contributed by atoms with Crippen LogP contribution in [-0.2, 0) is 0 Å². The average molecular weight is 332 g/mol. The van der Waals surface area contributed by atoms with E-state index in [9.17, 15) is 4.79 Å². The van der Waals surface area contributed by atoms with Crippen molar-refractivity contribution in [3.8, 4) is 0 Å². The number of benzene rings is 1. The zero-order valence-electron chi connectivity index (χ0n) is 10.5. The van der Waals surface area contributed by atoms with Gasteiger partial charge in [0.15, 0.2) is 0 Å². The third-order valence-corrected chi connectivity index (χ3v) is 3.83. The molecule has 98 valence electrons. The van der Waals surface area contributed by atoms with E-state index < -0.39 is 0 Å². The van der Waals surface area contributed by atoms with Crippen LogP contribution in [0.1, 0.15) is 24.2 Å². The van der Waals surface area contributed by atoms with Crippen LogP contribution in [0.2, 0.25) is 5.02 Å². The summed E-state index contributed by atoms with van der Waals surface area (Å²) in [5, 5.41) is 3.88. The van der Waals surface area contributed by atoms with Crippen LogP contribution in [0, 0.1) is 0 Å². The van der Waals surface area contributed by atoms with E-state index in [0.717, 1.165) is 11.0 Å². The standard InChI is InChI=1S/C13H16BrClN2O/c1-13(2)8-17(6-5-16-13)12(18)10-4-3-9(14)7-11(10)15/h3-4,7,16H,5-6,8H2,1-2H3. The molecule has 0 unspecified atom stereocenters. The van der Waals surface area contributed by atoms with Gasteiger partial charge in [0.1, 0.15) is 0 Å². The molecule has 0 bridgehead atoms. The van der Waals surface area contributed by atoms with Crippen molar-refractivity contribution in [2.24, 2.45) is 0 Å². The first-order chi connectivity index (χ1) is 8.39. The Bertz CT molecular complexity index is 476. The predicted molar refractivity (Wildman–Crippen MR) is 77.1 cm³/mol. The highest BCUT2D eigenvalue weighted by molar-refractivity contribution is 9.10. The van der Waals surface area contributed by atoms with Crippen molar-refractivity contribution in [1.82, 2.24) is 10.2 Å². The molecule has 0 saturated carbocycles. The number of carbonyl (C=O) groups is 1. The molecule has 0 radical (unpaired) electrons. The summed E-state index contributed by atoms with van der Waals surface area (Å²) in [5.41, 5.74) is 0.521. The molecule has 1 aromatic rings. The Labute approximate surface area is 121 Å². The van der Waals surface area contributed by atoms with Crippen LogP contribution in [-0.4, -0.2) is 36.0 Å². The minimum Gasteiger partial charge on any atom is -0.335 e. The number of carbonyl (C=O) groups excluding carboxylic acids is 1. The number of hydrogen-bond donors (Lipinski definition) is 1. The van der Waals surface area contributed by atoms with Crippen molar-refractivity contribution >= 4 is 33.4 Å². The first-order valence-electron chi connectivity index (χ1n) is 5.88. The molecule has 1 aromatic carbocycles. The van der Waals surface area contributed by atoms with Gasteiger partial charge in [0.05, 0.1) is 10.6 Å². The van der Waals surface area contributed by atoms with Crippen molar-refractivity contribution in [1.29, 1.82) is 0 Å². The molecule has 1 aliphatic rings. The number of piperazine rings is 1. The SMILES string of the molecule is CC1(C)CN(C(=O)c2ccc(Br)cc2Cl)CCN1. The van der Waals surface area contributed by atoms with Crippen LogP contribution in [0.5, 0.6) is 0 Å². The van der Waals surface area contributed by atoms with Gasteiger partial charge >= 0.3 is 0 Å². The summed E-state index contributed by atoms with van der Waals surface area (Å²) in [6, 6.07) is 5.36. The number of halogens is 2. The van der Waals surface area contributed by atoms with Crippen LogP contribution < -0.4 is 5.32 Å². The summed E-state index contributed by atoms with van der Waals surface area (Å²) in [7, 11) is 0. The summed E-state index contributed by atoms with van der Waals surface area (Å²) in [4.78, 5) is 14.3.